The molecule has 14 heavy (non-hydrogen) atoms. The van der Waals surface area contributed by atoms with Gasteiger partial charge >= 0.3 is 0 Å². The molecular weight excluding hydrogens is 182 g/mol. The Labute approximate surface area is 81.7 Å². The molecule has 0 saturated carbocycles. The smallest absolute Gasteiger partial charge is 0.269 e. The standard InChI is InChI=1S/C10H11NO3/c1-7(8(2)12)9-3-5-10(6-4-9)11(13)14/h3-7H,1-2H3. The van der Waals surface area contributed by atoms with E-state index in [1.807, 2.05) is 0 Å². The lowest BCUT2D eigenvalue weighted by Crippen LogP contribution is -2.03. The van der Waals surface area contributed by atoms with E-state index in [2.05, 4.69) is 0 Å². The summed E-state index contributed by atoms with van der Waals surface area (Å²) in [6, 6.07) is 6.05. The van der Waals surface area contributed by atoms with Crippen molar-refractivity contribution in [1.29, 1.82) is 0 Å². The third-order valence-electron chi connectivity index (χ3n) is 2.21. The largest absolute Gasteiger partial charge is 0.299 e. The molecule has 1 unspecified atom stereocenters. The maximum atomic E-state index is 11.0. The Morgan fingerprint density at radius 3 is 2.21 bits per heavy atom. The van der Waals surface area contributed by atoms with Crippen molar-refractivity contribution < 1.29 is 9.72 Å². The molecule has 4 nitrogen and oxygen atoms in total. The predicted molar refractivity (Wildman–Crippen MR) is 52.2 cm³/mol. The summed E-state index contributed by atoms with van der Waals surface area (Å²) < 4.78 is 0. The first kappa shape index (κ1) is 10.4. The van der Waals surface area contributed by atoms with Gasteiger partial charge in [-0.3, -0.25) is 14.9 Å². The van der Waals surface area contributed by atoms with Crippen LogP contribution in [-0.2, 0) is 4.79 Å². The Hall–Kier alpha value is -1.71. The third kappa shape index (κ3) is 2.16. The normalized spacial score (nSPS) is 12.1. The number of ketones is 1. The Morgan fingerprint density at radius 1 is 1.36 bits per heavy atom. The number of hydrogen-bond donors (Lipinski definition) is 0. The molecule has 0 aliphatic carbocycles. The summed E-state index contributed by atoms with van der Waals surface area (Å²) >= 11 is 0. The van der Waals surface area contributed by atoms with Gasteiger partial charge in [0.1, 0.15) is 5.78 Å². The molecule has 74 valence electrons. The van der Waals surface area contributed by atoms with Gasteiger partial charge in [0.25, 0.3) is 5.69 Å². The van der Waals surface area contributed by atoms with Crippen molar-refractivity contribution >= 4 is 11.5 Å². The lowest BCUT2D eigenvalue weighted by atomic mass is 9.98. The van der Waals surface area contributed by atoms with Crippen molar-refractivity contribution in [2.45, 2.75) is 19.8 Å². The summed E-state index contributed by atoms with van der Waals surface area (Å²) in [7, 11) is 0. The fourth-order valence-corrected chi connectivity index (χ4v) is 1.12. The van der Waals surface area contributed by atoms with E-state index in [4.69, 9.17) is 0 Å². The molecule has 0 heterocycles. The van der Waals surface area contributed by atoms with Gasteiger partial charge in [-0.25, -0.2) is 0 Å². The van der Waals surface area contributed by atoms with Crippen LogP contribution < -0.4 is 0 Å². The lowest BCUT2D eigenvalue weighted by molar-refractivity contribution is -0.384. The van der Waals surface area contributed by atoms with Crippen LogP contribution in [0.1, 0.15) is 25.3 Å². The molecule has 1 rings (SSSR count). The van der Waals surface area contributed by atoms with Crippen molar-refractivity contribution in [1.82, 2.24) is 0 Å². The minimum atomic E-state index is -0.456. The minimum absolute atomic E-state index is 0.0458. The zero-order valence-electron chi connectivity index (χ0n) is 8.06. The van der Waals surface area contributed by atoms with Crippen LogP contribution in [0.5, 0.6) is 0 Å². The van der Waals surface area contributed by atoms with Crippen molar-refractivity contribution in [3.8, 4) is 0 Å². The Balaban J connectivity index is 2.94. The number of non-ortho nitro benzene ring substituents is 1. The Kier molecular flexibility index (Phi) is 2.96. The van der Waals surface area contributed by atoms with Crippen LogP contribution in [-0.4, -0.2) is 10.7 Å². The molecule has 0 saturated heterocycles. The average molecular weight is 193 g/mol. The Morgan fingerprint density at radius 2 is 1.86 bits per heavy atom. The van der Waals surface area contributed by atoms with E-state index in [-0.39, 0.29) is 17.4 Å². The van der Waals surface area contributed by atoms with Gasteiger partial charge in [-0.05, 0) is 12.5 Å². The first-order valence-electron chi connectivity index (χ1n) is 4.27. The van der Waals surface area contributed by atoms with Crippen LogP contribution in [0.25, 0.3) is 0 Å². The minimum Gasteiger partial charge on any atom is -0.299 e. The molecule has 1 aromatic carbocycles. The van der Waals surface area contributed by atoms with E-state index in [1.54, 1.807) is 19.1 Å². The van der Waals surface area contributed by atoms with Gasteiger partial charge in [0, 0.05) is 18.1 Å². The highest BCUT2D eigenvalue weighted by atomic mass is 16.6. The van der Waals surface area contributed by atoms with E-state index in [9.17, 15) is 14.9 Å². The molecule has 0 spiro atoms. The SMILES string of the molecule is CC(=O)C(C)c1ccc([N+](=O)[O-])cc1. The summed E-state index contributed by atoms with van der Waals surface area (Å²) in [5.41, 5.74) is 0.854. The van der Waals surface area contributed by atoms with Gasteiger partial charge in [-0.2, -0.15) is 0 Å². The van der Waals surface area contributed by atoms with E-state index in [0.29, 0.717) is 0 Å². The van der Waals surface area contributed by atoms with Gasteiger partial charge in [0.15, 0.2) is 0 Å². The van der Waals surface area contributed by atoms with Gasteiger partial charge in [-0.15, -0.1) is 0 Å². The lowest BCUT2D eigenvalue weighted by Gasteiger charge is -2.06. The number of Topliss-reactive ketones (excluding diaryl/α,β-unsaturated/α-hetero) is 1. The number of nitrogens with zero attached hydrogens (tertiary/aromatic N) is 1. The molecule has 0 N–H and O–H groups in total. The first-order chi connectivity index (χ1) is 6.52. The molecule has 1 aromatic rings. The quantitative estimate of drug-likeness (QED) is 0.546. The highest BCUT2D eigenvalue weighted by Crippen LogP contribution is 2.19. The van der Waals surface area contributed by atoms with Crippen molar-refractivity contribution in [3.05, 3.63) is 39.9 Å². The molecule has 0 aliphatic heterocycles. The topological polar surface area (TPSA) is 60.2 Å². The maximum Gasteiger partial charge on any atom is 0.269 e. The van der Waals surface area contributed by atoms with Gasteiger partial charge in [0.2, 0.25) is 0 Å². The van der Waals surface area contributed by atoms with Crippen molar-refractivity contribution in [3.63, 3.8) is 0 Å². The highest BCUT2D eigenvalue weighted by molar-refractivity contribution is 5.82. The van der Waals surface area contributed by atoms with E-state index >= 15 is 0 Å². The van der Waals surface area contributed by atoms with Gasteiger partial charge < -0.3 is 0 Å². The van der Waals surface area contributed by atoms with Gasteiger partial charge in [-0.1, -0.05) is 19.1 Å². The number of carbonyl (C=O) groups excluding carboxylic acids is 1. The van der Waals surface area contributed by atoms with E-state index < -0.39 is 4.92 Å². The zero-order chi connectivity index (χ0) is 10.7. The number of benzene rings is 1. The molecule has 0 fully saturated rings. The molecular formula is C10H11NO3. The molecule has 0 aromatic heterocycles. The molecule has 0 amide bonds. The van der Waals surface area contributed by atoms with Crippen molar-refractivity contribution in [2.75, 3.05) is 0 Å². The van der Waals surface area contributed by atoms with Crippen LogP contribution >= 0.6 is 0 Å². The molecule has 4 heteroatoms. The first-order valence-corrected chi connectivity index (χ1v) is 4.27. The third-order valence-corrected chi connectivity index (χ3v) is 2.21. The fourth-order valence-electron chi connectivity index (χ4n) is 1.12. The Bertz CT molecular complexity index is 356. The molecule has 0 radical (unpaired) electrons. The monoisotopic (exact) mass is 193 g/mol. The van der Waals surface area contributed by atoms with Gasteiger partial charge in [0.05, 0.1) is 4.92 Å². The van der Waals surface area contributed by atoms with E-state index in [0.717, 1.165) is 5.56 Å². The van der Waals surface area contributed by atoms with Crippen LogP contribution in [0.3, 0.4) is 0 Å². The molecule has 1 atom stereocenters. The average Bonchev–Trinajstić information content (AvgIpc) is 2.16. The summed E-state index contributed by atoms with van der Waals surface area (Å²) in [6.07, 6.45) is 0. The summed E-state index contributed by atoms with van der Waals surface area (Å²) in [5.74, 6) is -0.144. The highest BCUT2D eigenvalue weighted by Gasteiger charge is 2.11. The number of hydrogen-bond acceptors (Lipinski definition) is 3. The number of rotatable bonds is 3. The number of nitro groups is 1. The fraction of sp³-hybridized carbons (Fsp3) is 0.300. The number of nitro benzene ring substituents is 1. The maximum absolute atomic E-state index is 11.0. The van der Waals surface area contributed by atoms with Crippen LogP contribution in [0.2, 0.25) is 0 Å². The predicted octanol–water partition coefficient (Wildman–Crippen LogP) is 2.29. The van der Waals surface area contributed by atoms with Crippen LogP contribution in [0, 0.1) is 10.1 Å². The second kappa shape index (κ2) is 4.00. The van der Waals surface area contributed by atoms with E-state index in [1.165, 1.54) is 19.1 Å². The molecule has 0 bridgehead atoms. The van der Waals surface area contributed by atoms with Crippen molar-refractivity contribution in [2.24, 2.45) is 0 Å². The zero-order valence-corrected chi connectivity index (χ0v) is 8.06. The van der Waals surface area contributed by atoms with Crippen LogP contribution in [0.15, 0.2) is 24.3 Å². The summed E-state index contributed by atoms with van der Waals surface area (Å²) in [5, 5.41) is 10.4. The number of carbonyl (C=O) groups is 1. The molecule has 0 aliphatic rings. The summed E-state index contributed by atoms with van der Waals surface area (Å²) in [4.78, 5) is 20.9. The summed E-state index contributed by atoms with van der Waals surface area (Å²) in [6.45, 7) is 3.29. The van der Waals surface area contributed by atoms with Crippen LogP contribution in [0.4, 0.5) is 5.69 Å². The second-order valence-corrected chi connectivity index (χ2v) is 3.18. The second-order valence-electron chi connectivity index (χ2n) is 3.18.